The summed E-state index contributed by atoms with van der Waals surface area (Å²) in [7, 11) is 0. The van der Waals surface area contributed by atoms with E-state index in [0.717, 1.165) is 24.1 Å². The first-order valence-electron chi connectivity index (χ1n) is 5.76. The van der Waals surface area contributed by atoms with E-state index in [1.807, 2.05) is 4.68 Å². The van der Waals surface area contributed by atoms with Gasteiger partial charge in [0.15, 0.2) is 0 Å². The molecule has 0 saturated heterocycles. The summed E-state index contributed by atoms with van der Waals surface area (Å²) in [4.78, 5) is 12.0. The lowest BCUT2D eigenvalue weighted by Crippen LogP contribution is -2.25. The maximum atomic E-state index is 12.0. The van der Waals surface area contributed by atoms with Gasteiger partial charge in [-0.3, -0.25) is 9.89 Å². The molecule has 0 bridgehead atoms. The Morgan fingerprint density at radius 3 is 2.73 bits per heavy atom. The van der Waals surface area contributed by atoms with Crippen LogP contribution in [-0.2, 0) is 18.0 Å². The van der Waals surface area contributed by atoms with Crippen LogP contribution in [0.5, 0.6) is 0 Å². The molecule has 1 aromatic heterocycles. The minimum absolute atomic E-state index is 0.148. The molecule has 1 aliphatic carbocycles. The summed E-state index contributed by atoms with van der Waals surface area (Å²) in [6, 6.07) is 0.400. The number of H-pyrrole nitrogens is 1. The van der Waals surface area contributed by atoms with Gasteiger partial charge in [-0.15, -0.1) is 0 Å². The topological polar surface area (TPSA) is 47.0 Å². The van der Waals surface area contributed by atoms with Crippen LogP contribution in [0.3, 0.4) is 0 Å². The van der Waals surface area contributed by atoms with Gasteiger partial charge in [0.25, 0.3) is 5.56 Å². The second kappa shape index (κ2) is 3.52. The molecule has 82 valence electrons. The van der Waals surface area contributed by atoms with Gasteiger partial charge in [0, 0.05) is 0 Å². The maximum absolute atomic E-state index is 12.0. The number of rotatable bonds is 1. The van der Waals surface area contributed by atoms with Gasteiger partial charge in [0.2, 0.25) is 0 Å². The molecule has 1 aliphatic heterocycles. The highest BCUT2D eigenvalue weighted by Gasteiger charge is 2.24. The molecule has 0 unspecified atom stereocenters. The molecule has 2 aliphatic rings. The van der Waals surface area contributed by atoms with Gasteiger partial charge in [-0.2, -0.15) is 0 Å². The van der Waals surface area contributed by atoms with Crippen molar-refractivity contribution in [2.75, 3.05) is 0 Å². The molecule has 1 saturated carbocycles. The van der Waals surface area contributed by atoms with Crippen LogP contribution in [0, 0.1) is 0 Å². The Kier molecular flexibility index (Phi) is 2.16. The largest absolute Gasteiger partial charge is 0.370 e. The lowest BCUT2D eigenvalue weighted by Gasteiger charge is -2.22. The summed E-state index contributed by atoms with van der Waals surface area (Å²) in [5, 5.41) is 3.21. The third kappa shape index (κ3) is 1.44. The maximum Gasteiger partial charge on any atom is 0.272 e. The zero-order valence-corrected chi connectivity index (χ0v) is 8.79. The Morgan fingerprint density at radius 2 is 2.00 bits per heavy atom. The van der Waals surface area contributed by atoms with Crippen molar-refractivity contribution >= 4 is 0 Å². The average Bonchev–Trinajstić information content (AvgIpc) is 2.83. The zero-order chi connectivity index (χ0) is 10.3. The van der Waals surface area contributed by atoms with Crippen molar-refractivity contribution in [3.8, 4) is 0 Å². The number of ether oxygens (including phenoxy) is 1. The summed E-state index contributed by atoms with van der Waals surface area (Å²) in [5.41, 5.74) is 1.99. The summed E-state index contributed by atoms with van der Waals surface area (Å²) in [6.07, 6.45) is 6.09. The fourth-order valence-electron chi connectivity index (χ4n) is 2.66. The number of nitrogens with one attached hydrogen (secondary N) is 1. The summed E-state index contributed by atoms with van der Waals surface area (Å²) in [6.45, 7) is 1.06. The van der Waals surface area contributed by atoms with Crippen molar-refractivity contribution in [3.05, 3.63) is 21.6 Å². The number of hydrogen-bond donors (Lipinski definition) is 1. The highest BCUT2D eigenvalue weighted by molar-refractivity contribution is 5.19. The zero-order valence-electron chi connectivity index (χ0n) is 8.79. The molecular formula is C11H16N2O2. The van der Waals surface area contributed by atoms with Gasteiger partial charge < -0.3 is 4.74 Å². The molecule has 4 heteroatoms. The molecule has 2 heterocycles. The molecular weight excluding hydrogens is 192 g/mol. The third-order valence-electron chi connectivity index (χ3n) is 3.53. The van der Waals surface area contributed by atoms with E-state index in [9.17, 15) is 4.79 Å². The Bertz CT molecular complexity index is 413. The van der Waals surface area contributed by atoms with Crippen molar-refractivity contribution in [2.45, 2.75) is 51.4 Å². The van der Waals surface area contributed by atoms with E-state index in [2.05, 4.69) is 5.10 Å². The van der Waals surface area contributed by atoms with Crippen LogP contribution in [-0.4, -0.2) is 9.78 Å². The molecule has 0 spiro atoms. The smallest absolute Gasteiger partial charge is 0.272 e. The molecule has 0 radical (unpaired) electrons. The fourth-order valence-corrected chi connectivity index (χ4v) is 2.66. The Balaban J connectivity index is 1.95. The van der Waals surface area contributed by atoms with E-state index in [1.165, 1.54) is 19.3 Å². The second-order valence-corrected chi connectivity index (χ2v) is 4.53. The first-order valence-corrected chi connectivity index (χ1v) is 5.76. The monoisotopic (exact) mass is 208 g/mol. The predicted octanol–water partition coefficient (Wildman–Crippen LogP) is 1.71. The molecule has 4 nitrogen and oxygen atoms in total. The van der Waals surface area contributed by atoms with Crippen molar-refractivity contribution in [1.82, 2.24) is 9.78 Å². The van der Waals surface area contributed by atoms with Crippen LogP contribution in [0.2, 0.25) is 0 Å². The summed E-state index contributed by atoms with van der Waals surface area (Å²) in [5.74, 6) is 0. The minimum Gasteiger partial charge on any atom is -0.370 e. The third-order valence-corrected chi connectivity index (χ3v) is 3.53. The van der Waals surface area contributed by atoms with Crippen LogP contribution in [0.15, 0.2) is 4.79 Å². The van der Waals surface area contributed by atoms with Crippen LogP contribution in [0.1, 0.15) is 49.4 Å². The fraction of sp³-hybridized carbons (Fsp3) is 0.727. The number of fused-ring (bicyclic) bond motifs is 1. The van der Waals surface area contributed by atoms with Crippen LogP contribution in [0.4, 0.5) is 0 Å². The number of hydrogen-bond acceptors (Lipinski definition) is 2. The van der Waals surface area contributed by atoms with E-state index in [1.54, 1.807) is 0 Å². The molecule has 3 rings (SSSR count). The normalized spacial score (nSPS) is 21.9. The Labute approximate surface area is 88.2 Å². The van der Waals surface area contributed by atoms with Gasteiger partial charge in [0.1, 0.15) is 0 Å². The SMILES string of the molecule is O=c1c2c([nH]n1C1CCCCC1)COC2. The average molecular weight is 208 g/mol. The molecule has 1 aromatic rings. The molecule has 0 amide bonds. The van der Waals surface area contributed by atoms with E-state index < -0.39 is 0 Å². The van der Waals surface area contributed by atoms with Gasteiger partial charge in [-0.25, -0.2) is 4.68 Å². The van der Waals surface area contributed by atoms with Gasteiger partial charge in [-0.05, 0) is 12.8 Å². The van der Waals surface area contributed by atoms with Gasteiger partial charge >= 0.3 is 0 Å². The van der Waals surface area contributed by atoms with E-state index >= 15 is 0 Å². The van der Waals surface area contributed by atoms with Gasteiger partial charge in [-0.1, -0.05) is 19.3 Å². The van der Waals surface area contributed by atoms with Crippen molar-refractivity contribution in [3.63, 3.8) is 0 Å². The number of aromatic amines is 1. The van der Waals surface area contributed by atoms with Crippen molar-refractivity contribution in [2.24, 2.45) is 0 Å². The van der Waals surface area contributed by atoms with Crippen LogP contribution >= 0.6 is 0 Å². The number of aromatic nitrogens is 2. The number of nitrogens with zero attached hydrogens (tertiary/aromatic N) is 1. The van der Waals surface area contributed by atoms with Crippen LogP contribution in [0.25, 0.3) is 0 Å². The summed E-state index contributed by atoms with van der Waals surface area (Å²) < 4.78 is 7.07. The Hall–Kier alpha value is -1.03. The first kappa shape index (κ1) is 9.21. The lowest BCUT2D eigenvalue weighted by molar-refractivity contribution is 0.129. The Morgan fingerprint density at radius 1 is 1.20 bits per heavy atom. The van der Waals surface area contributed by atoms with Crippen molar-refractivity contribution in [1.29, 1.82) is 0 Å². The van der Waals surface area contributed by atoms with E-state index in [-0.39, 0.29) is 5.56 Å². The highest BCUT2D eigenvalue weighted by Crippen LogP contribution is 2.27. The summed E-state index contributed by atoms with van der Waals surface area (Å²) >= 11 is 0. The quantitative estimate of drug-likeness (QED) is 0.763. The van der Waals surface area contributed by atoms with E-state index in [4.69, 9.17) is 4.74 Å². The standard InChI is InChI=1S/C11H16N2O2/c14-11-9-6-15-7-10(9)12-13(11)8-4-2-1-3-5-8/h8,12H,1-7H2. The molecule has 1 fully saturated rings. The molecule has 15 heavy (non-hydrogen) atoms. The van der Waals surface area contributed by atoms with Gasteiger partial charge in [0.05, 0.1) is 30.5 Å². The van der Waals surface area contributed by atoms with Crippen LogP contribution < -0.4 is 5.56 Å². The highest BCUT2D eigenvalue weighted by atomic mass is 16.5. The molecule has 0 aromatic carbocycles. The second-order valence-electron chi connectivity index (χ2n) is 4.53. The minimum atomic E-state index is 0.148. The molecule has 0 atom stereocenters. The van der Waals surface area contributed by atoms with E-state index in [0.29, 0.717) is 19.3 Å². The first-order chi connectivity index (χ1) is 7.36. The van der Waals surface area contributed by atoms with Crippen molar-refractivity contribution < 1.29 is 4.74 Å². The predicted molar refractivity (Wildman–Crippen MR) is 55.7 cm³/mol. The lowest BCUT2D eigenvalue weighted by atomic mass is 9.96. The molecule has 1 N–H and O–H groups in total.